The molecule has 0 bridgehead atoms. The smallest absolute Gasteiger partial charge is 0.0824 e. The first-order valence-corrected chi connectivity index (χ1v) is 2.47. The minimum absolute atomic E-state index is 0.00958. The van der Waals surface area contributed by atoms with Crippen LogP contribution >= 0.6 is 0 Å². The van der Waals surface area contributed by atoms with Gasteiger partial charge in [-0.2, -0.15) is 0 Å². The summed E-state index contributed by atoms with van der Waals surface area (Å²) in [5, 5.41) is 11.1. The van der Waals surface area contributed by atoms with Gasteiger partial charge in [0.15, 0.2) is 0 Å². The molecule has 2 nitrogen and oxygen atoms in total. The first-order chi connectivity index (χ1) is 3.81. The molecule has 0 spiro atoms. The van der Waals surface area contributed by atoms with Crippen molar-refractivity contribution in [2.45, 2.75) is 6.92 Å². The van der Waals surface area contributed by atoms with Crippen molar-refractivity contribution >= 4 is 0 Å². The Morgan fingerprint density at radius 1 is 1.88 bits per heavy atom. The molecule has 0 aliphatic rings. The molecule has 0 fully saturated rings. The Kier molecular flexibility index (Phi) is 3.98. The van der Waals surface area contributed by atoms with Crippen molar-refractivity contribution in [3.63, 3.8) is 0 Å². The minimum Gasteiger partial charge on any atom is -0.390 e. The van der Waals surface area contributed by atoms with Crippen molar-refractivity contribution in [3.05, 3.63) is 24.6 Å². The van der Waals surface area contributed by atoms with Crippen LogP contribution in [0.2, 0.25) is 0 Å². The van der Waals surface area contributed by atoms with Crippen LogP contribution in [0, 0.1) is 0 Å². The summed E-state index contributed by atoms with van der Waals surface area (Å²) >= 11 is 0. The maximum absolute atomic E-state index is 8.37. The summed E-state index contributed by atoms with van der Waals surface area (Å²) < 4.78 is 0. The van der Waals surface area contributed by atoms with Gasteiger partial charge in [-0.1, -0.05) is 12.7 Å². The van der Waals surface area contributed by atoms with E-state index in [4.69, 9.17) is 5.11 Å². The molecule has 0 aliphatic heterocycles. The van der Waals surface area contributed by atoms with Gasteiger partial charge in [0, 0.05) is 5.70 Å². The Bertz CT molecular complexity index is 96.7. The Morgan fingerprint density at radius 3 is 2.88 bits per heavy atom. The van der Waals surface area contributed by atoms with Crippen LogP contribution in [-0.2, 0) is 0 Å². The first-order valence-electron chi connectivity index (χ1n) is 2.47. The van der Waals surface area contributed by atoms with Gasteiger partial charge in [-0.05, 0) is 13.1 Å². The fourth-order valence-electron chi connectivity index (χ4n) is 0.247. The third-order valence-corrected chi connectivity index (χ3v) is 0.645. The van der Waals surface area contributed by atoms with Crippen LogP contribution in [-0.4, -0.2) is 11.7 Å². The highest BCUT2D eigenvalue weighted by Gasteiger charge is 1.79. The fraction of sp³-hybridized carbons (Fsp3) is 0.333. The summed E-state index contributed by atoms with van der Waals surface area (Å²) in [5.41, 5.74) is 0.614. The Balaban J connectivity index is 3.25. The molecule has 8 heavy (non-hydrogen) atoms. The number of hydrogen-bond acceptors (Lipinski definition) is 2. The van der Waals surface area contributed by atoms with E-state index >= 15 is 0 Å². The predicted molar refractivity (Wildman–Crippen MR) is 34.2 cm³/mol. The quantitative estimate of drug-likeness (QED) is 0.562. The molecule has 46 valence electrons. The molecule has 0 saturated heterocycles. The lowest BCUT2D eigenvalue weighted by molar-refractivity contribution is 0.326. The highest BCUT2D eigenvalue weighted by atomic mass is 16.3. The van der Waals surface area contributed by atoms with Crippen LogP contribution in [0.3, 0.4) is 0 Å². The van der Waals surface area contributed by atoms with E-state index < -0.39 is 0 Å². The van der Waals surface area contributed by atoms with E-state index in [0.29, 0.717) is 5.70 Å². The van der Waals surface area contributed by atoms with Crippen LogP contribution in [0.1, 0.15) is 6.92 Å². The van der Waals surface area contributed by atoms with Crippen LogP contribution < -0.4 is 5.32 Å². The van der Waals surface area contributed by atoms with E-state index in [-0.39, 0.29) is 6.61 Å². The monoisotopic (exact) mass is 113 g/mol. The van der Waals surface area contributed by atoms with E-state index in [1.165, 1.54) is 0 Å². The van der Waals surface area contributed by atoms with Gasteiger partial charge in [0.2, 0.25) is 0 Å². The zero-order valence-corrected chi connectivity index (χ0v) is 5.02. The number of nitrogens with one attached hydrogen (secondary N) is 1. The van der Waals surface area contributed by atoms with Crippen molar-refractivity contribution in [1.29, 1.82) is 0 Å². The number of rotatable bonds is 3. The molecule has 0 unspecified atom stereocenters. The van der Waals surface area contributed by atoms with Gasteiger partial charge in [-0.3, -0.25) is 0 Å². The zero-order chi connectivity index (χ0) is 6.41. The maximum Gasteiger partial charge on any atom is 0.0824 e. The van der Waals surface area contributed by atoms with Crippen molar-refractivity contribution in [2.75, 3.05) is 6.61 Å². The third kappa shape index (κ3) is 3.43. The van der Waals surface area contributed by atoms with Crippen molar-refractivity contribution < 1.29 is 5.11 Å². The third-order valence-electron chi connectivity index (χ3n) is 0.645. The number of aliphatic hydroxyl groups excluding tert-OH is 1. The second-order valence-corrected chi connectivity index (χ2v) is 1.41. The van der Waals surface area contributed by atoms with Crippen molar-refractivity contribution in [3.8, 4) is 0 Å². The van der Waals surface area contributed by atoms with Crippen LogP contribution in [0.4, 0.5) is 0 Å². The molecule has 2 heteroatoms. The maximum atomic E-state index is 8.37. The van der Waals surface area contributed by atoms with Crippen molar-refractivity contribution in [1.82, 2.24) is 5.32 Å². The first kappa shape index (κ1) is 7.24. The molecular weight excluding hydrogens is 102 g/mol. The minimum atomic E-state index is -0.00958. The van der Waals surface area contributed by atoms with Gasteiger partial charge in [-0.25, -0.2) is 0 Å². The second-order valence-electron chi connectivity index (χ2n) is 1.41. The average molecular weight is 113 g/mol. The summed E-state index contributed by atoms with van der Waals surface area (Å²) in [6.07, 6.45) is 3.55. The van der Waals surface area contributed by atoms with Gasteiger partial charge < -0.3 is 10.4 Å². The molecular formula is C6H11NO. The van der Waals surface area contributed by atoms with E-state index in [2.05, 4.69) is 11.9 Å². The lowest BCUT2D eigenvalue weighted by Gasteiger charge is -1.96. The SMILES string of the molecule is C=C(CO)N/C=C\C. The molecule has 0 amide bonds. The number of allylic oxidation sites excluding steroid dienone is 1. The van der Waals surface area contributed by atoms with Gasteiger partial charge in [0.1, 0.15) is 0 Å². The Morgan fingerprint density at radius 2 is 2.50 bits per heavy atom. The largest absolute Gasteiger partial charge is 0.390 e. The van der Waals surface area contributed by atoms with Crippen molar-refractivity contribution in [2.24, 2.45) is 0 Å². The molecule has 0 atom stereocenters. The molecule has 0 aromatic rings. The van der Waals surface area contributed by atoms with E-state index in [0.717, 1.165) is 0 Å². The van der Waals surface area contributed by atoms with E-state index in [1.807, 2.05) is 13.0 Å². The van der Waals surface area contributed by atoms with Crippen LogP contribution in [0.5, 0.6) is 0 Å². The number of hydrogen-bond donors (Lipinski definition) is 2. The van der Waals surface area contributed by atoms with Gasteiger partial charge in [-0.15, -0.1) is 0 Å². The topological polar surface area (TPSA) is 32.3 Å². The molecule has 0 aromatic carbocycles. The highest BCUT2D eigenvalue weighted by molar-refractivity contribution is 4.95. The van der Waals surface area contributed by atoms with Crippen LogP contribution in [0.25, 0.3) is 0 Å². The summed E-state index contributed by atoms with van der Waals surface area (Å²) in [4.78, 5) is 0. The Hall–Kier alpha value is -0.760. The Labute approximate surface area is 49.5 Å². The van der Waals surface area contributed by atoms with Gasteiger partial charge in [0.05, 0.1) is 6.61 Å². The molecule has 0 saturated carbocycles. The van der Waals surface area contributed by atoms with E-state index in [1.54, 1.807) is 6.20 Å². The second kappa shape index (κ2) is 4.40. The summed E-state index contributed by atoms with van der Waals surface area (Å²) in [6, 6.07) is 0. The zero-order valence-electron chi connectivity index (χ0n) is 5.02. The van der Waals surface area contributed by atoms with Crippen LogP contribution in [0.15, 0.2) is 24.6 Å². The predicted octanol–water partition coefficient (Wildman–Crippen LogP) is 0.616. The molecule has 0 aromatic heterocycles. The average Bonchev–Trinajstić information content (AvgIpc) is 1.83. The molecule has 0 radical (unpaired) electrons. The van der Waals surface area contributed by atoms with Gasteiger partial charge >= 0.3 is 0 Å². The molecule has 0 rings (SSSR count). The van der Waals surface area contributed by atoms with E-state index in [9.17, 15) is 0 Å². The summed E-state index contributed by atoms with van der Waals surface area (Å²) in [7, 11) is 0. The lowest BCUT2D eigenvalue weighted by atomic mass is 10.5. The molecule has 0 aliphatic carbocycles. The lowest BCUT2D eigenvalue weighted by Crippen LogP contribution is -2.06. The normalized spacial score (nSPS) is 9.75. The van der Waals surface area contributed by atoms with Gasteiger partial charge in [0.25, 0.3) is 0 Å². The summed E-state index contributed by atoms with van der Waals surface area (Å²) in [5.74, 6) is 0. The molecule has 0 heterocycles. The number of aliphatic hydroxyl groups is 1. The summed E-state index contributed by atoms with van der Waals surface area (Å²) in [6.45, 7) is 5.38. The fourth-order valence-corrected chi connectivity index (χ4v) is 0.247. The highest BCUT2D eigenvalue weighted by Crippen LogP contribution is 1.77. The standard InChI is InChI=1S/C6H11NO/c1-3-4-7-6(2)5-8/h3-4,7-8H,2,5H2,1H3/b4-3-. The molecule has 2 N–H and O–H groups in total.